The van der Waals surface area contributed by atoms with Crippen LogP contribution in [0.25, 0.3) is 11.4 Å². The Morgan fingerprint density at radius 1 is 0.931 bits per heavy atom. The van der Waals surface area contributed by atoms with E-state index in [1.54, 1.807) is 0 Å². The van der Waals surface area contributed by atoms with Crippen molar-refractivity contribution in [3.05, 3.63) is 71.4 Å². The number of hydrogen-bond acceptors (Lipinski definition) is 5. The van der Waals surface area contributed by atoms with Gasteiger partial charge in [0.2, 0.25) is 0 Å². The van der Waals surface area contributed by atoms with Crippen molar-refractivity contribution >= 4 is 17.5 Å². The third kappa shape index (κ3) is 5.64. The van der Waals surface area contributed by atoms with Gasteiger partial charge in [-0.2, -0.15) is 0 Å². The van der Waals surface area contributed by atoms with Gasteiger partial charge in [0.25, 0.3) is 0 Å². The van der Waals surface area contributed by atoms with Gasteiger partial charge in [-0.1, -0.05) is 44.2 Å². The van der Waals surface area contributed by atoms with Crippen LogP contribution in [0.3, 0.4) is 0 Å². The predicted molar refractivity (Wildman–Crippen MR) is 116 cm³/mol. The second kappa shape index (κ2) is 9.82. The summed E-state index contributed by atoms with van der Waals surface area (Å²) in [5.41, 5.74) is 5.10. The van der Waals surface area contributed by atoms with Crippen LogP contribution >= 0.6 is 0 Å². The van der Waals surface area contributed by atoms with Gasteiger partial charge in [-0.25, -0.2) is 9.97 Å². The van der Waals surface area contributed by atoms with E-state index < -0.39 is 0 Å². The average molecular weight is 389 g/mol. The smallest absolute Gasteiger partial charge is 0.310 e. The van der Waals surface area contributed by atoms with Crippen LogP contribution < -0.4 is 5.32 Å². The van der Waals surface area contributed by atoms with Gasteiger partial charge in [0.15, 0.2) is 5.82 Å². The third-order valence-corrected chi connectivity index (χ3v) is 4.61. The molecule has 0 atom stereocenters. The van der Waals surface area contributed by atoms with Crippen molar-refractivity contribution in [3.63, 3.8) is 0 Å². The van der Waals surface area contributed by atoms with Gasteiger partial charge in [-0.3, -0.25) is 4.79 Å². The Kier molecular flexibility index (Phi) is 6.95. The third-order valence-electron chi connectivity index (χ3n) is 4.61. The number of ether oxygens (including phenoxy) is 1. The number of carbonyl (C=O) groups excluding carboxylic acids is 1. The van der Waals surface area contributed by atoms with Gasteiger partial charge >= 0.3 is 5.97 Å². The number of esters is 1. The minimum atomic E-state index is -0.212. The van der Waals surface area contributed by atoms with E-state index in [1.807, 2.05) is 49.4 Å². The lowest BCUT2D eigenvalue weighted by Gasteiger charge is -2.11. The number of aryl methyl sites for hydroxylation is 2. The molecule has 0 spiro atoms. The number of nitrogens with one attached hydrogen (secondary N) is 1. The van der Waals surface area contributed by atoms with Gasteiger partial charge in [0.1, 0.15) is 5.82 Å². The molecule has 5 heteroatoms. The topological polar surface area (TPSA) is 64.1 Å². The summed E-state index contributed by atoms with van der Waals surface area (Å²) in [5, 5.41) is 3.36. The highest BCUT2D eigenvalue weighted by molar-refractivity contribution is 5.73. The van der Waals surface area contributed by atoms with E-state index in [0.29, 0.717) is 6.61 Å². The van der Waals surface area contributed by atoms with Crippen LogP contribution in [0.4, 0.5) is 11.5 Å². The molecule has 3 rings (SSSR count). The summed E-state index contributed by atoms with van der Waals surface area (Å²) in [4.78, 5) is 21.0. The highest BCUT2D eigenvalue weighted by Crippen LogP contribution is 2.22. The maximum absolute atomic E-state index is 11.6. The van der Waals surface area contributed by atoms with E-state index in [4.69, 9.17) is 14.7 Å². The van der Waals surface area contributed by atoms with Crippen molar-refractivity contribution in [3.8, 4) is 11.4 Å². The summed E-state index contributed by atoms with van der Waals surface area (Å²) in [6.45, 7) is 6.43. The molecule has 29 heavy (non-hydrogen) atoms. The number of hydrogen-bond donors (Lipinski definition) is 1. The van der Waals surface area contributed by atoms with Crippen LogP contribution in [0.5, 0.6) is 0 Å². The van der Waals surface area contributed by atoms with Gasteiger partial charge in [-0.05, 0) is 49.1 Å². The van der Waals surface area contributed by atoms with Gasteiger partial charge in [-0.15, -0.1) is 0 Å². The summed E-state index contributed by atoms with van der Waals surface area (Å²) < 4.78 is 5.00. The lowest BCUT2D eigenvalue weighted by atomic mass is 10.1. The first-order valence-electron chi connectivity index (χ1n) is 10.1. The lowest BCUT2D eigenvalue weighted by Crippen LogP contribution is -2.07. The molecule has 0 saturated heterocycles. The number of benzene rings is 2. The molecule has 3 aromatic rings. The van der Waals surface area contributed by atoms with Crippen LogP contribution in [-0.2, 0) is 28.8 Å². The monoisotopic (exact) mass is 389 g/mol. The van der Waals surface area contributed by atoms with Crippen LogP contribution in [0.2, 0.25) is 0 Å². The molecule has 0 saturated carbocycles. The van der Waals surface area contributed by atoms with Crippen LogP contribution in [-0.4, -0.2) is 22.5 Å². The Morgan fingerprint density at radius 3 is 2.41 bits per heavy atom. The molecular weight excluding hydrogens is 362 g/mol. The quantitative estimate of drug-likeness (QED) is 0.542. The predicted octanol–water partition coefficient (Wildman–Crippen LogP) is 5.12. The Balaban J connectivity index is 1.81. The van der Waals surface area contributed by atoms with Crippen molar-refractivity contribution < 1.29 is 9.53 Å². The van der Waals surface area contributed by atoms with Crippen molar-refractivity contribution in [2.45, 2.75) is 40.0 Å². The van der Waals surface area contributed by atoms with E-state index in [2.05, 4.69) is 31.3 Å². The molecule has 0 aliphatic heterocycles. The van der Waals surface area contributed by atoms with Crippen molar-refractivity contribution in [1.29, 1.82) is 0 Å². The molecule has 1 aromatic heterocycles. The number of anilines is 2. The Hall–Kier alpha value is -3.21. The molecule has 0 radical (unpaired) electrons. The zero-order valence-electron chi connectivity index (χ0n) is 17.2. The minimum absolute atomic E-state index is 0.212. The number of rotatable bonds is 8. The molecule has 0 amide bonds. The summed E-state index contributed by atoms with van der Waals surface area (Å²) in [6.07, 6.45) is 2.08. The molecule has 1 N–H and O–H groups in total. The lowest BCUT2D eigenvalue weighted by molar-refractivity contribution is -0.142. The maximum atomic E-state index is 11.6. The van der Waals surface area contributed by atoms with Crippen molar-refractivity contribution in [1.82, 2.24) is 9.97 Å². The highest BCUT2D eigenvalue weighted by atomic mass is 16.5. The maximum Gasteiger partial charge on any atom is 0.310 e. The standard InChI is InChI=1S/C24H27N3O2/c1-4-17-8-7-9-19(14-17)24-26-20(5-2)16-22(27-24)25-21-12-10-18(11-13-21)15-23(28)29-6-3/h7-14,16H,4-6,15H2,1-3H3,(H,25,26,27). The first kappa shape index (κ1) is 20.5. The fraction of sp³-hybridized carbons (Fsp3) is 0.292. The van der Waals surface area contributed by atoms with Crippen LogP contribution in [0.15, 0.2) is 54.6 Å². The Morgan fingerprint density at radius 2 is 1.72 bits per heavy atom. The highest BCUT2D eigenvalue weighted by Gasteiger charge is 2.08. The molecular formula is C24H27N3O2. The molecule has 0 aliphatic carbocycles. The minimum Gasteiger partial charge on any atom is -0.466 e. The zero-order valence-corrected chi connectivity index (χ0v) is 17.2. The SMILES string of the molecule is CCOC(=O)Cc1ccc(Nc2cc(CC)nc(-c3cccc(CC)c3)n2)cc1. The van der Waals surface area contributed by atoms with Crippen LogP contribution in [0, 0.1) is 0 Å². The second-order valence-electron chi connectivity index (χ2n) is 6.78. The van der Waals surface area contributed by atoms with Crippen LogP contribution in [0.1, 0.15) is 37.6 Å². The van der Waals surface area contributed by atoms with E-state index in [9.17, 15) is 4.79 Å². The number of carbonyl (C=O) groups is 1. The molecule has 150 valence electrons. The van der Waals surface area contributed by atoms with Gasteiger partial charge < -0.3 is 10.1 Å². The van der Waals surface area contributed by atoms with Gasteiger partial charge in [0, 0.05) is 23.0 Å². The number of aromatic nitrogens is 2. The fourth-order valence-corrected chi connectivity index (χ4v) is 3.03. The summed E-state index contributed by atoms with van der Waals surface area (Å²) >= 11 is 0. The number of nitrogens with zero attached hydrogens (tertiary/aromatic N) is 2. The fourth-order valence-electron chi connectivity index (χ4n) is 3.03. The summed E-state index contributed by atoms with van der Waals surface area (Å²) in [7, 11) is 0. The molecule has 0 fully saturated rings. The normalized spacial score (nSPS) is 10.6. The van der Waals surface area contributed by atoms with Crippen molar-refractivity contribution in [2.24, 2.45) is 0 Å². The summed E-state index contributed by atoms with van der Waals surface area (Å²) in [6, 6.07) is 18.1. The zero-order chi connectivity index (χ0) is 20.6. The van der Waals surface area contributed by atoms with E-state index in [1.165, 1.54) is 5.56 Å². The van der Waals surface area contributed by atoms with E-state index >= 15 is 0 Å². The van der Waals surface area contributed by atoms with Crippen molar-refractivity contribution in [2.75, 3.05) is 11.9 Å². The van der Waals surface area contributed by atoms with E-state index in [-0.39, 0.29) is 12.4 Å². The molecule has 2 aromatic carbocycles. The first-order chi connectivity index (χ1) is 14.1. The Bertz CT molecular complexity index is 968. The van der Waals surface area contributed by atoms with Gasteiger partial charge in [0.05, 0.1) is 13.0 Å². The second-order valence-corrected chi connectivity index (χ2v) is 6.78. The molecule has 0 aliphatic rings. The van der Waals surface area contributed by atoms with E-state index in [0.717, 1.165) is 47.0 Å². The first-order valence-corrected chi connectivity index (χ1v) is 10.1. The average Bonchev–Trinajstić information content (AvgIpc) is 2.75. The Labute approximate surface area is 172 Å². The summed E-state index contributed by atoms with van der Waals surface area (Å²) in [5.74, 6) is 1.27. The molecule has 5 nitrogen and oxygen atoms in total. The molecule has 0 bridgehead atoms. The largest absolute Gasteiger partial charge is 0.466 e. The molecule has 0 unspecified atom stereocenters. The molecule has 1 heterocycles.